The van der Waals surface area contributed by atoms with E-state index >= 15 is 0 Å². The van der Waals surface area contributed by atoms with Crippen molar-refractivity contribution in [3.05, 3.63) is 35.9 Å². The molecule has 5 nitrogen and oxygen atoms in total. The van der Waals surface area contributed by atoms with E-state index in [4.69, 9.17) is 9.63 Å². The third-order valence-electron chi connectivity index (χ3n) is 2.30. The lowest BCUT2D eigenvalue weighted by Crippen LogP contribution is -2.38. The molecular formula is C12H17NO4PS+. The molecule has 0 aliphatic heterocycles. The maximum absolute atomic E-state index is 11.4. The number of benzene rings is 1. The van der Waals surface area contributed by atoms with Crippen LogP contribution in [0.15, 0.2) is 30.3 Å². The Morgan fingerprint density at radius 2 is 2.11 bits per heavy atom. The van der Waals surface area contributed by atoms with Gasteiger partial charge < -0.3 is 10.1 Å². The zero-order chi connectivity index (χ0) is 14.3. The quantitative estimate of drug-likeness (QED) is 0.557. The van der Waals surface area contributed by atoms with Crippen molar-refractivity contribution in [1.29, 1.82) is 0 Å². The van der Waals surface area contributed by atoms with Gasteiger partial charge in [-0.15, -0.1) is 0 Å². The first-order chi connectivity index (χ1) is 8.89. The molecule has 2 N–H and O–H groups in total. The number of hydrogen-bond acceptors (Lipinski definition) is 4. The fraction of sp³-hybridized carbons (Fsp3) is 0.417. The summed E-state index contributed by atoms with van der Waals surface area (Å²) in [5.41, 5.74) is 0.893. The zero-order valence-corrected chi connectivity index (χ0v) is 12.4. The number of amides is 1. The van der Waals surface area contributed by atoms with Crippen LogP contribution in [0.25, 0.3) is 0 Å². The second-order valence-corrected chi connectivity index (χ2v) is 6.52. The van der Waals surface area contributed by atoms with Gasteiger partial charge in [0.1, 0.15) is 6.61 Å². The summed E-state index contributed by atoms with van der Waals surface area (Å²) in [4.78, 5) is 20.3. The lowest BCUT2D eigenvalue weighted by atomic mass is 10.2. The standard InChI is InChI=1S/C12H16NO4PS/c1-12(19,9-18(15)16)8-13-11(14)17-7-10-5-3-2-4-6-10/h2-6H,7-9H2,1H3,(H2-,13,14,15,16,19)/p+1. The Hall–Kier alpha value is -1.10. The van der Waals surface area contributed by atoms with Gasteiger partial charge in [-0.3, -0.25) is 0 Å². The number of alkyl carbamates (subject to hydrolysis) is 1. The van der Waals surface area contributed by atoms with Crippen LogP contribution < -0.4 is 5.32 Å². The van der Waals surface area contributed by atoms with E-state index in [9.17, 15) is 9.36 Å². The molecule has 2 atom stereocenters. The molecule has 0 aromatic heterocycles. The minimum absolute atomic E-state index is 0.00437. The molecular weight excluding hydrogens is 285 g/mol. The van der Waals surface area contributed by atoms with Crippen LogP contribution in [0.3, 0.4) is 0 Å². The van der Waals surface area contributed by atoms with Crippen LogP contribution in [0.2, 0.25) is 0 Å². The number of thiol groups is 1. The Morgan fingerprint density at radius 3 is 2.68 bits per heavy atom. The lowest BCUT2D eigenvalue weighted by Gasteiger charge is -2.17. The van der Waals surface area contributed by atoms with Gasteiger partial charge in [0.25, 0.3) is 0 Å². The largest absolute Gasteiger partial charge is 0.506 e. The number of rotatable bonds is 6. The van der Waals surface area contributed by atoms with Gasteiger partial charge in [-0.25, -0.2) is 4.79 Å². The molecule has 1 aromatic rings. The molecule has 19 heavy (non-hydrogen) atoms. The smallest absolute Gasteiger partial charge is 0.445 e. The van der Waals surface area contributed by atoms with Crippen molar-refractivity contribution in [2.24, 2.45) is 0 Å². The topological polar surface area (TPSA) is 75.6 Å². The SMILES string of the molecule is CC(S)(CNC(=O)OCc1ccccc1)C[P+](=O)O. The van der Waals surface area contributed by atoms with E-state index in [1.54, 1.807) is 6.92 Å². The van der Waals surface area contributed by atoms with Crippen molar-refractivity contribution in [3.8, 4) is 0 Å². The zero-order valence-electron chi connectivity index (χ0n) is 10.6. The Balaban J connectivity index is 2.30. The fourth-order valence-electron chi connectivity index (χ4n) is 1.38. The molecule has 1 rings (SSSR count). The first-order valence-electron chi connectivity index (χ1n) is 5.69. The second-order valence-electron chi connectivity index (χ2n) is 4.42. The van der Waals surface area contributed by atoms with Crippen LogP contribution in [-0.4, -0.2) is 28.4 Å². The normalized spacial score (nSPS) is 14.4. The fourth-order valence-corrected chi connectivity index (χ4v) is 2.52. The molecule has 1 amide bonds. The van der Waals surface area contributed by atoms with Crippen molar-refractivity contribution in [2.45, 2.75) is 18.3 Å². The van der Waals surface area contributed by atoms with Crippen LogP contribution in [0, 0.1) is 0 Å². The highest BCUT2D eigenvalue weighted by molar-refractivity contribution is 7.82. The van der Waals surface area contributed by atoms with Gasteiger partial charge in [0.15, 0.2) is 6.16 Å². The Morgan fingerprint density at radius 1 is 1.47 bits per heavy atom. The molecule has 1 aromatic carbocycles. The number of hydrogen-bond donors (Lipinski definition) is 3. The van der Waals surface area contributed by atoms with Gasteiger partial charge >= 0.3 is 14.1 Å². The number of carbonyl (C=O) groups excluding carboxylic acids is 1. The number of carbonyl (C=O) groups is 1. The minimum atomic E-state index is -2.28. The Kier molecular flexibility index (Phi) is 6.28. The molecule has 0 radical (unpaired) electrons. The summed E-state index contributed by atoms with van der Waals surface area (Å²) >= 11 is 4.22. The average Bonchev–Trinajstić information content (AvgIpc) is 2.34. The summed E-state index contributed by atoms with van der Waals surface area (Å²) in [6.07, 6.45) is -0.568. The van der Waals surface area contributed by atoms with E-state index in [0.717, 1.165) is 5.56 Å². The van der Waals surface area contributed by atoms with Gasteiger partial charge in [-0.1, -0.05) is 30.3 Å². The van der Waals surface area contributed by atoms with Crippen molar-refractivity contribution in [2.75, 3.05) is 12.7 Å². The van der Waals surface area contributed by atoms with Gasteiger partial charge in [-0.05, 0) is 17.1 Å². The third-order valence-corrected chi connectivity index (χ3v) is 3.84. The minimum Gasteiger partial charge on any atom is -0.445 e. The van der Waals surface area contributed by atoms with Gasteiger partial charge in [0.05, 0.1) is 4.75 Å². The maximum atomic E-state index is 11.4. The third kappa shape index (κ3) is 7.15. The first kappa shape index (κ1) is 16.0. The van der Waals surface area contributed by atoms with Gasteiger partial charge in [0.2, 0.25) is 0 Å². The molecule has 0 heterocycles. The predicted octanol–water partition coefficient (Wildman–Crippen LogP) is 2.34. The van der Waals surface area contributed by atoms with E-state index in [1.165, 1.54) is 0 Å². The molecule has 0 bridgehead atoms. The van der Waals surface area contributed by atoms with Gasteiger partial charge in [0, 0.05) is 6.54 Å². The van der Waals surface area contributed by atoms with Gasteiger partial charge in [-0.2, -0.15) is 17.5 Å². The first-order valence-corrected chi connectivity index (χ1v) is 7.54. The average molecular weight is 302 g/mol. The molecule has 0 aliphatic rings. The maximum Gasteiger partial charge on any atom is 0.506 e. The molecule has 104 valence electrons. The Bertz CT molecular complexity index is 439. The summed E-state index contributed by atoms with van der Waals surface area (Å²) < 4.78 is 15.0. The predicted molar refractivity (Wildman–Crippen MR) is 76.7 cm³/mol. The molecule has 0 saturated heterocycles. The van der Waals surface area contributed by atoms with E-state index in [1.807, 2.05) is 30.3 Å². The molecule has 0 saturated carbocycles. The summed E-state index contributed by atoms with van der Waals surface area (Å²) in [6, 6.07) is 9.31. The van der Waals surface area contributed by atoms with E-state index in [2.05, 4.69) is 17.9 Å². The van der Waals surface area contributed by atoms with Crippen LogP contribution in [0.4, 0.5) is 4.79 Å². The van der Waals surface area contributed by atoms with E-state index < -0.39 is 18.9 Å². The van der Waals surface area contributed by atoms with Crippen LogP contribution in [0.1, 0.15) is 12.5 Å². The highest BCUT2D eigenvalue weighted by atomic mass is 32.1. The summed E-state index contributed by atoms with van der Waals surface area (Å²) in [7, 11) is -2.28. The second kappa shape index (κ2) is 7.48. The highest BCUT2D eigenvalue weighted by Crippen LogP contribution is 2.25. The van der Waals surface area contributed by atoms with Crippen molar-refractivity contribution < 1.29 is 19.0 Å². The van der Waals surface area contributed by atoms with Crippen molar-refractivity contribution in [3.63, 3.8) is 0 Å². The number of ether oxygens (including phenoxy) is 1. The molecule has 0 fully saturated rings. The Labute approximate surface area is 118 Å². The molecule has 7 heteroatoms. The summed E-state index contributed by atoms with van der Waals surface area (Å²) in [5, 5.41) is 2.52. The molecule has 2 unspecified atom stereocenters. The molecule has 0 spiro atoms. The molecule has 0 aliphatic carbocycles. The van der Waals surface area contributed by atoms with Crippen LogP contribution in [-0.2, 0) is 15.9 Å². The van der Waals surface area contributed by atoms with Crippen molar-refractivity contribution in [1.82, 2.24) is 5.32 Å². The lowest BCUT2D eigenvalue weighted by molar-refractivity contribution is 0.139. The monoisotopic (exact) mass is 302 g/mol. The van der Waals surface area contributed by atoms with Crippen LogP contribution >= 0.6 is 20.7 Å². The highest BCUT2D eigenvalue weighted by Gasteiger charge is 2.30. The number of nitrogens with one attached hydrogen (secondary N) is 1. The van der Waals surface area contributed by atoms with E-state index in [-0.39, 0.29) is 19.3 Å². The summed E-state index contributed by atoms with van der Waals surface area (Å²) in [6.45, 7) is 2.02. The van der Waals surface area contributed by atoms with Crippen molar-refractivity contribution >= 4 is 26.7 Å². The summed E-state index contributed by atoms with van der Waals surface area (Å²) in [5.74, 6) is 0. The van der Waals surface area contributed by atoms with E-state index in [0.29, 0.717) is 0 Å². The van der Waals surface area contributed by atoms with Crippen LogP contribution in [0.5, 0.6) is 0 Å².